The molecule has 0 atom stereocenters. The lowest BCUT2D eigenvalue weighted by atomic mass is 10.4. The minimum atomic E-state index is -4.36. The van der Waals surface area contributed by atoms with Crippen LogP contribution in [-0.4, -0.2) is 16.8 Å². The highest BCUT2D eigenvalue weighted by Crippen LogP contribution is 2.05. The summed E-state index contributed by atoms with van der Waals surface area (Å²) in [6, 6.07) is 7.18. The highest BCUT2D eigenvalue weighted by atomic mass is 32.2. The van der Waals surface area contributed by atoms with E-state index in [1.165, 1.54) is 29.1 Å². The van der Waals surface area contributed by atoms with Gasteiger partial charge in [0.05, 0.1) is 4.90 Å². The van der Waals surface area contributed by atoms with Crippen LogP contribution in [0.5, 0.6) is 0 Å². The van der Waals surface area contributed by atoms with E-state index in [4.69, 9.17) is 5.14 Å². The van der Waals surface area contributed by atoms with Crippen molar-refractivity contribution in [2.75, 3.05) is 0 Å². The van der Waals surface area contributed by atoms with Crippen molar-refractivity contribution in [1.82, 2.24) is 14.8 Å². The molecular formula is C6H8N3O4S2. The maximum Gasteiger partial charge on any atom is 0.304 e. The van der Waals surface area contributed by atoms with Crippen LogP contribution in [0.25, 0.3) is 0 Å². The molecule has 1 aromatic rings. The number of hydrogen-bond acceptors (Lipinski definition) is 4. The highest BCUT2D eigenvalue weighted by Gasteiger charge is 2.15. The molecule has 0 aliphatic heterocycles. The van der Waals surface area contributed by atoms with E-state index in [2.05, 4.69) is 0 Å². The third-order valence-electron chi connectivity index (χ3n) is 1.36. The summed E-state index contributed by atoms with van der Waals surface area (Å²) in [5.41, 5.74) is 0. The molecule has 0 amide bonds. The average molecular weight is 250 g/mol. The summed E-state index contributed by atoms with van der Waals surface area (Å²) in [6.07, 6.45) is 0. The minimum Gasteiger partial charge on any atom is -0.206 e. The second kappa shape index (κ2) is 4.24. The van der Waals surface area contributed by atoms with Gasteiger partial charge >= 0.3 is 10.2 Å². The van der Waals surface area contributed by atoms with Gasteiger partial charge in [0.2, 0.25) is 0 Å². The molecule has 3 N–H and O–H groups in total. The lowest BCUT2D eigenvalue weighted by Gasteiger charge is -2.05. The third kappa shape index (κ3) is 3.93. The van der Waals surface area contributed by atoms with Gasteiger partial charge in [0.15, 0.2) is 0 Å². The maximum atomic E-state index is 11.4. The SMILES string of the molecule is [NH]S(=O)(=O)NNS(=O)(=O)c1ccccc1. The van der Waals surface area contributed by atoms with Crippen LogP contribution in [0.15, 0.2) is 35.2 Å². The number of hydrogen-bond donors (Lipinski definition) is 2. The zero-order valence-corrected chi connectivity index (χ0v) is 8.97. The Labute approximate surface area is 87.5 Å². The Morgan fingerprint density at radius 3 is 1.93 bits per heavy atom. The molecule has 0 aromatic heterocycles. The molecule has 0 aliphatic rings. The van der Waals surface area contributed by atoms with E-state index in [0.29, 0.717) is 0 Å². The summed E-state index contributed by atoms with van der Waals surface area (Å²) in [5, 5.41) is 6.41. The summed E-state index contributed by atoms with van der Waals surface area (Å²) in [6.45, 7) is 0. The molecule has 9 heteroatoms. The van der Waals surface area contributed by atoms with Crippen LogP contribution >= 0.6 is 0 Å². The van der Waals surface area contributed by atoms with E-state index >= 15 is 0 Å². The van der Waals surface area contributed by atoms with Gasteiger partial charge in [-0.1, -0.05) is 18.2 Å². The molecule has 7 nitrogen and oxygen atoms in total. The van der Waals surface area contributed by atoms with Crippen LogP contribution in [0.2, 0.25) is 0 Å². The monoisotopic (exact) mass is 250 g/mol. The van der Waals surface area contributed by atoms with Crippen molar-refractivity contribution in [2.45, 2.75) is 4.90 Å². The standard InChI is InChI=1S/C6H8N3O4S2/c7-15(12,13)9-8-14(10,11)6-4-2-1-3-5-6/h1-5,7-9H. The van der Waals surface area contributed by atoms with E-state index < -0.39 is 20.2 Å². The zero-order chi connectivity index (χ0) is 11.5. The van der Waals surface area contributed by atoms with Gasteiger partial charge < -0.3 is 0 Å². The number of nitrogens with one attached hydrogen (secondary N) is 3. The summed E-state index contributed by atoms with van der Waals surface area (Å²) in [4.78, 5) is 2.83. The second-order valence-electron chi connectivity index (χ2n) is 2.52. The molecule has 0 saturated heterocycles. The first-order valence-corrected chi connectivity index (χ1v) is 6.61. The van der Waals surface area contributed by atoms with Crippen LogP contribution in [0, 0.1) is 0 Å². The quantitative estimate of drug-likeness (QED) is 0.666. The van der Waals surface area contributed by atoms with Crippen LogP contribution in [-0.2, 0) is 20.2 Å². The predicted octanol–water partition coefficient (Wildman–Crippen LogP) is -1.00. The molecule has 1 aromatic carbocycles. The van der Waals surface area contributed by atoms with E-state index in [-0.39, 0.29) is 4.90 Å². The van der Waals surface area contributed by atoms with Crippen molar-refractivity contribution in [1.29, 1.82) is 0 Å². The Bertz CT molecular complexity index is 523. The van der Waals surface area contributed by atoms with Gasteiger partial charge in [-0.25, -0.2) is 8.42 Å². The predicted molar refractivity (Wildman–Crippen MR) is 51.9 cm³/mol. The number of benzene rings is 1. The van der Waals surface area contributed by atoms with Crippen LogP contribution in [0.4, 0.5) is 0 Å². The maximum absolute atomic E-state index is 11.4. The van der Waals surface area contributed by atoms with Crippen LogP contribution in [0.3, 0.4) is 0 Å². The normalized spacial score (nSPS) is 12.6. The third-order valence-corrected chi connectivity index (χ3v) is 3.13. The lowest BCUT2D eigenvalue weighted by Crippen LogP contribution is -2.41. The molecule has 0 saturated carbocycles. The fourth-order valence-electron chi connectivity index (χ4n) is 0.768. The Balaban J connectivity index is 2.87. The Hall–Kier alpha value is -1.00. The van der Waals surface area contributed by atoms with Crippen molar-refractivity contribution >= 4 is 20.2 Å². The molecule has 0 aliphatic carbocycles. The molecular weight excluding hydrogens is 242 g/mol. The van der Waals surface area contributed by atoms with Crippen LogP contribution in [0.1, 0.15) is 0 Å². The molecule has 0 heterocycles. The van der Waals surface area contributed by atoms with Crippen molar-refractivity contribution in [3.05, 3.63) is 30.3 Å². The first-order valence-electron chi connectivity index (χ1n) is 3.64. The Morgan fingerprint density at radius 2 is 1.47 bits per heavy atom. The molecule has 0 fully saturated rings. The molecule has 0 unspecified atom stereocenters. The summed E-state index contributed by atoms with van der Waals surface area (Å²) in [5.74, 6) is 0. The number of hydrazine groups is 1. The Kier molecular flexibility index (Phi) is 3.42. The zero-order valence-electron chi connectivity index (χ0n) is 7.34. The molecule has 83 valence electrons. The molecule has 15 heavy (non-hydrogen) atoms. The first kappa shape index (κ1) is 12.1. The van der Waals surface area contributed by atoms with Gasteiger partial charge in [-0.3, -0.25) is 0 Å². The highest BCUT2D eigenvalue weighted by molar-refractivity contribution is 7.91. The van der Waals surface area contributed by atoms with Crippen molar-refractivity contribution in [2.24, 2.45) is 0 Å². The summed E-state index contributed by atoms with van der Waals surface area (Å²) < 4.78 is 43.4. The minimum absolute atomic E-state index is 0.0962. The summed E-state index contributed by atoms with van der Waals surface area (Å²) >= 11 is 0. The lowest BCUT2D eigenvalue weighted by molar-refractivity contribution is 0.557. The molecule has 1 rings (SSSR count). The van der Waals surface area contributed by atoms with Gasteiger partial charge in [0, 0.05) is 0 Å². The second-order valence-corrected chi connectivity index (χ2v) is 5.42. The molecule has 0 bridgehead atoms. The van der Waals surface area contributed by atoms with E-state index in [1.54, 1.807) is 10.9 Å². The van der Waals surface area contributed by atoms with E-state index in [1.807, 2.05) is 0 Å². The molecule has 0 spiro atoms. The smallest absolute Gasteiger partial charge is 0.206 e. The van der Waals surface area contributed by atoms with Gasteiger partial charge in [-0.2, -0.15) is 8.42 Å². The summed E-state index contributed by atoms with van der Waals surface area (Å²) in [7, 11) is -8.31. The van der Waals surface area contributed by atoms with Crippen molar-refractivity contribution < 1.29 is 16.8 Å². The number of sulfonamides is 1. The van der Waals surface area contributed by atoms with Crippen LogP contribution < -0.4 is 14.8 Å². The first-order chi connectivity index (χ1) is 6.81. The van der Waals surface area contributed by atoms with Gasteiger partial charge in [-0.05, 0) is 12.1 Å². The average Bonchev–Trinajstić information content (AvgIpc) is 2.16. The van der Waals surface area contributed by atoms with E-state index in [9.17, 15) is 16.8 Å². The van der Waals surface area contributed by atoms with Crippen molar-refractivity contribution in [3.8, 4) is 0 Å². The van der Waals surface area contributed by atoms with Gasteiger partial charge in [0.25, 0.3) is 10.0 Å². The largest absolute Gasteiger partial charge is 0.304 e. The van der Waals surface area contributed by atoms with Gasteiger partial charge in [-0.15, -0.1) is 14.8 Å². The number of rotatable bonds is 4. The fraction of sp³-hybridized carbons (Fsp3) is 0. The topological polar surface area (TPSA) is 116 Å². The molecule has 1 radical (unpaired) electrons. The van der Waals surface area contributed by atoms with Crippen molar-refractivity contribution in [3.63, 3.8) is 0 Å². The fourth-order valence-corrected chi connectivity index (χ4v) is 2.28. The Morgan fingerprint density at radius 1 is 0.933 bits per heavy atom. The van der Waals surface area contributed by atoms with Gasteiger partial charge in [0.1, 0.15) is 0 Å². The van der Waals surface area contributed by atoms with E-state index in [0.717, 1.165) is 0 Å².